The van der Waals surface area contributed by atoms with Crippen molar-refractivity contribution in [3.63, 3.8) is 0 Å². The SMILES string of the molecule is NCCC1CCCn2c(Cl)nc(Br)c21. The van der Waals surface area contributed by atoms with Crippen molar-refractivity contribution in [3.05, 3.63) is 15.6 Å². The predicted molar refractivity (Wildman–Crippen MR) is 60.6 cm³/mol. The fourth-order valence-electron chi connectivity index (χ4n) is 2.13. The van der Waals surface area contributed by atoms with Crippen molar-refractivity contribution in [1.82, 2.24) is 9.55 Å². The zero-order valence-electron chi connectivity index (χ0n) is 7.84. The lowest BCUT2D eigenvalue weighted by molar-refractivity contribution is 0.437. The van der Waals surface area contributed by atoms with Crippen LogP contribution in [0.4, 0.5) is 0 Å². The third-order valence-corrected chi connectivity index (χ3v) is 3.62. The molecule has 0 radical (unpaired) electrons. The Kier molecular flexibility index (Phi) is 3.14. The van der Waals surface area contributed by atoms with Gasteiger partial charge < -0.3 is 10.3 Å². The van der Waals surface area contributed by atoms with Gasteiger partial charge in [-0.1, -0.05) is 0 Å². The Morgan fingerprint density at radius 2 is 2.43 bits per heavy atom. The summed E-state index contributed by atoms with van der Waals surface area (Å²) in [6.07, 6.45) is 3.37. The van der Waals surface area contributed by atoms with Crippen molar-refractivity contribution < 1.29 is 0 Å². The van der Waals surface area contributed by atoms with Gasteiger partial charge in [-0.05, 0) is 53.3 Å². The average molecular weight is 279 g/mol. The first-order valence-corrected chi connectivity index (χ1v) is 6.02. The van der Waals surface area contributed by atoms with E-state index in [1.165, 1.54) is 18.5 Å². The van der Waals surface area contributed by atoms with Gasteiger partial charge in [0, 0.05) is 12.5 Å². The standard InChI is InChI=1S/C9H13BrClN3/c10-8-7-6(3-4-12)2-1-5-14(7)9(11)13-8/h6H,1-5,12H2. The fourth-order valence-corrected chi connectivity index (χ4v) is 3.19. The van der Waals surface area contributed by atoms with Crippen molar-refractivity contribution in [2.75, 3.05) is 6.54 Å². The molecule has 78 valence electrons. The van der Waals surface area contributed by atoms with E-state index in [2.05, 4.69) is 25.5 Å². The molecule has 0 amide bonds. The number of aromatic nitrogens is 2. The Labute approximate surface area is 96.8 Å². The molecule has 0 saturated carbocycles. The molecule has 2 N–H and O–H groups in total. The van der Waals surface area contributed by atoms with E-state index in [1.54, 1.807) is 0 Å². The number of nitrogens with zero attached hydrogens (tertiary/aromatic N) is 2. The van der Waals surface area contributed by atoms with E-state index in [-0.39, 0.29) is 0 Å². The van der Waals surface area contributed by atoms with Gasteiger partial charge in [-0.15, -0.1) is 0 Å². The molecule has 0 spiro atoms. The van der Waals surface area contributed by atoms with Crippen LogP contribution in [0.3, 0.4) is 0 Å². The molecule has 1 atom stereocenters. The first-order chi connectivity index (χ1) is 6.74. The molecule has 1 aliphatic heterocycles. The third-order valence-electron chi connectivity index (χ3n) is 2.75. The highest BCUT2D eigenvalue weighted by molar-refractivity contribution is 9.10. The Morgan fingerprint density at radius 3 is 3.14 bits per heavy atom. The van der Waals surface area contributed by atoms with Crippen LogP contribution in [0.25, 0.3) is 0 Å². The van der Waals surface area contributed by atoms with Crippen LogP contribution in [-0.4, -0.2) is 16.1 Å². The molecule has 0 saturated heterocycles. The molecule has 0 aliphatic carbocycles. The van der Waals surface area contributed by atoms with Gasteiger partial charge in [0.2, 0.25) is 5.28 Å². The molecule has 1 aliphatic rings. The fraction of sp³-hybridized carbons (Fsp3) is 0.667. The largest absolute Gasteiger partial charge is 0.330 e. The second kappa shape index (κ2) is 4.21. The molecule has 0 fully saturated rings. The van der Waals surface area contributed by atoms with Crippen LogP contribution in [0.15, 0.2) is 4.60 Å². The van der Waals surface area contributed by atoms with E-state index in [1.807, 2.05) is 0 Å². The van der Waals surface area contributed by atoms with Crippen molar-refractivity contribution in [2.24, 2.45) is 5.73 Å². The molecule has 0 bridgehead atoms. The number of halogens is 2. The van der Waals surface area contributed by atoms with Crippen LogP contribution in [-0.2, 0) is 6.54 Å². The minimum absolute atomic E-state index is 0.517. The first kappa shape index (κ1) is 10.5. The van der Waals surface area contributed by atoms with Gasteiger partial charge in [0.25, 0.3) is 0 Å². The van der Waals surface area contributed by atoms with Crippen molar-refractivity contribution in [3.8, 4) is 0 Å². The zero-order valence-corrected chi connectivity index (χ0v) is 10.2. The molecule has 2 rings (SSSR count). The van der Waals surface area contributed by atoms with Crippen LogP contribution >= 0.6 is 27.5 Å². The van der Waals surface area contributed by atoms with E-state index in [9.17, 15) is 0 Å². The van der Waals surface area contributed by atoms with E-state index >= 15 is 0 Å². The Balaban J connectivity index is 2.37. The molecule has 2 heterocycles. The van der Waals surface area contributed by atoms with Gasteiger partial charge in [0.05, 0.1) is 5.69 Å². The lowest BCUT2D eigenvalue weighted by Gasteiger charge is -2.24. The molecule has 14 heavy (non-hydrogen) atoms. The van der Waals surface area contributed by atoms with Crippen LogP contribution in [0.2, 0.25) is 5.28 Å². The smallest absolute Gasteiger partial charge is 0.204 e. The van der Waals surface area contributed by atoms with E-state index in [0.717, 1.165) is 24.1 Å². The summed E-state index contributed by atoms with van der Waals surface area (Å²) in [6, 6.07) is 0. The summed E-state index contributed by atoms with van der Waals surface area (Å²) < 4.78 is 2.98. The summed E-state index contributed by atoms with van der Waals surface area (Å²) in [6.45, 7) is 1.70. The summed E-state index contributed by atoms with van der Waals surface area (Å²) in [5.41, 5.74) is 6.82. The molecule has 1 aromatic rings. The molecule has 3 nitrogen and oxygen atoms in total. The van der Waals surface area contributed by atoms with Crippen LogP contribution in [0.5, 0.6) is 0 Å². The van der Waals surface area contributed by atoms with Crippen LogP contribution in [0.1, 0.15) is 30.9 Å². The van der Waals surface area contributed by atoms with Gasteiger partial charge in [0.15, 0.2) is 0 Å². The summed E-state index contributed by atoms with van der Waals surface area (Å²) in [7, 11) is 0. The van der Waals surface area contributed by atoms with Crippen LogP contribution in [0, 0.1) is 0 Å². The predicted octanol–water partition coefficient (Wildman–Crippen LogP) is 2.53. The van der Waals surface area contributed by atoms with Gasteiger partial charge >= 0.3 is 0 Å². The monoisotopic (exact) mass is 277 g/mol. The Morgan fingerprint density at radius 1 is 1.64 bits per heavy atom. The lowest BCUT2D eigenvalue weighted by Crippen LogP contribution is -2.18. The molecule has 0 aromatic carbocycles. The summed E-state index contributed by atoms with van der Waals surface area (Å²) >= 11 is 9.48. The highest BCUT2D eigenvalue weighted by Crippen LogP contribution is 2.36. The van der Waals surface area contributed by atoms with Crippen molar-refractivity contribution >= 4 is 27.5 Å². The molecule has 1 unspecified atom stereocenters. The Bertz CT molecular complexity index is 337. The number of nitrogens with two attached hydrogens (primary N) is 1. The lowest BCUT2D eigenvalue weighted by atomic mass is 9.93. The number of imidazole rings is 1. The normalized spacial score (nSPS) is 20.9. The van der Waals surface area contributed by atoms with E-state index in [4.69, 9.17) is 17.3 Å². The second-order valence-electron chi connectivity index (χ2n) is 3.63. The summed E-state index contributed by atoms with van der Waals surface area (Å²) in [4.78, 5) is 4.23. The third kappa shape index (κ3) is 1.71. The number of hydrogen-bond acceptors (Lipinski definition) is 2. The Hall–Kier alpha value is -0.0600. The van der Waals surface area contributed by atoms with E-state index < -0.39 is 0 Å². The molecular formula is C9H13BrClN3. The highest BCUT2D eigenvalue weighted by Gasteiger charge is 2.25. The highest BCUT2D eigenvalue weighted by atomic mass is 79.9. The van der Waals surface area contributed by atoms with Gasteiger partial charge in [-0.2, -0.15) is 0 Å². The van der Waals surface area contributed by atoms with Gasteiger partial charge in [0.1, 0.15) is 4.60 Å². The van der Waals surface area contributed by atoms with Gasteiger partial charge in [-0.25, -0.2) is 4.98 Å². The zero-order chi connectivity index (χ0) is 10.1. The molecule has 1 aromatic heterocycles. The maximum absolute atomic E-state index is 6.02. The summed E-state index contributed by atoms with van der Waals surface area (Å²) in [5.74, 6) is 0.517. The maximum Gasteiger partial charge on any atom is 0.204 e. The molecular weight excluding hydrogens is 265 g/mol. The van der Waals surface area contributed by atoms with Crippen LogP contribution < -0.4 is 5.73 Å². The van der Waals surface area contributed by atoms with E-state index in [0.29, 0.717) is 11.2 Å². The number of rotatable bonds is 2. The number of hydrogen-bond donors (Lipinski definition) is 1. The topological polar surface area (TPSA) is 43.8 Å². The maximum atomic E-state index is 6.02. The first-order valence-electron chi connectivity index (χ1n) is 4.85. The minimum atomic E-state index is 0.517. The summed E-state index contributed by atoms with van der Waals surface area (Å²) in [5, 5.41) is 0.591. The second-order valence-corrected chi connectivity index (χ2v) is 4.71. The average Bonchev–Trinajstić information content (AvgIpc) is 2.44. The quantitative estimate of drug-likeness (QED) is 0.903. The van der Waals surface area contributed by atoms with Crippen molar-refractivity contribution in [1.29, 1.82) is 0 Å². The van der Waals surface area contributed by atoms with Crippen molar-refractivity contribution in [2.45, 2.75) is 31.7 Å². The number of fused-ring (bicyclic) bond motifs is 1. The molecule has 5 heteroatoms. The van der Waals surface area contributed by atoms with Gasteiger partial charge in [-0.3, -0.25) is 0 Å². The minimum Gasteiger partial charge on any atom is -0.330 e.